The van der Waals surface area contributed by atoms with Crippen molar-refractivity contribution in [3.8, 4) is 0 Å². The van der Waals surface area contributed by atoms with E-state index < -0.39 is 0 Å². The first-order valence-electron chi connectivity index (χ1n) is 12.1. The first kappa shape index (κ1) is 24.0. The van der Waals surface area contributed by atoms with Crippen LogP contribution in [0.2, 0.25) is 0 Å². The number of carbonyl (C=O) groups excluding carboxylic acids is 1. The molecule has 2 aromatic carbocycles. The highest BCUT2D eigenvalue weighted by Gasteiger charge is 2.29. The SMILES string of the molecule is CCN1CCN(c2c(C)c(C(=O)N(C)Cc3ccccc3)n(Cc3cccc(F)c3)c2C)CC1. The molecule has 0 radical (unpaired) electrons. The van der Waals surface area contributed by atoms with Crippen molar-refractivity contribution in [2.75, 3.05) is 44.7 Å². The normalized spacial score (nSPS) is 14.4. The number of halogens is 1. The number of hydrogen-bond donors (Lipinski definition) is 0. The van der Waals surface area contributed by atoms with Crippen molar-refractivity contribution in [2.45, 2.75) is 33.9 Å². The number of nitrogens with zero attached hydrogens (tertiary/aromatic N) is 4. The van der Waals surface area contributed by atoms with Crippen LogP contribution < -0.4 is 4.90 Å². The monoisotopic (exact) mass is 462 g/mol. The minimum absolute atomic E-state index is 0.0145. The summed E-state index contributed by atoms with van der Waals surface area (Å²) in [5.74, 6) is -0.275. The maximum absolute atomic E-state index is 13.9. The fourth-order valence-electron chi connectivity index (χ4n) is 5.04. The average molecular weight is 463 g/mol. The smallest absolute Gasteiger partial charge is 0.270 e. The number of carbonyl (C=O) groups is 1. The predicted octanol–water partition coefficient (Wildman–Crippen LogP) is 4.71. The molecule has 0 bridgehead atoms. The Hall–Kier alpha value is -3.12. The minimum atomic E-state index is -0.260. The van der Waals surface area contributed by atoms with Gasteiger partial charge < -0.3 is 19.3 Å². The van der Waals surface area contributed by atoms with Crippen molar-refractivity contribution < 1.29 is 9.18 Å². The van der Waals surface area contributed by atoms with Gasteiger partial charge in [-0.3, -0.25) is 4.79 Å². The lowest BCUT2D eigenvalue weighted by atomic mass is 10.1. The topological polar surface area (TPSA) is 31.7 Å². The second kappa shape index (κ2) is 10.4. The number of aromatic nitrogens is 1. The fraction of sp³-hybridized carbons (Fsp3) is 0.393. The van der Waals surface area contributed by atoms with Crippen LogP contribution in [0.15, 0.2) is 54.6 Å². The van der Waals surface area contributed by atoms with Gasteiger partial charge in [-0.1, -0.05) is 49.4 Å². The molecule has 3 aromatic rings. The summed E-state index contributed by atoms with van der Waals surface area (Å²) in [6, 6.07) is 16.7. The van der Waals surface area contributed by atoms with Crippen LogP contribution >= 0.6 is 0 Å². The number of anilines is 1. The van der Waals surface area contributed by atoms with Crippen LogP contribution in [-0.2, 0) is 13.1 Å². The zero-order valence-corrected chi connectivity index (χ0v) is 20.7. The van der Waals surface area contributed by atoms with Gasteiger partial charge in [-0.05, 0) is 43.7 Å². The molecule has 4 rings (SSSR count). The molecular weight excluding hydrogens is 427 g/mol. The summed E-state index contributed by atoms with van der Waals surface area (Å²) < 4.78 is 16.0. The standard InChI is InChI=1S/C28H35FN4O/c1-5-31-14-16-32(17-15-31)26-21(2)27(28(34)30(4)19-23-10-7-6-8-11-23)33(22(26)3)20-24-12-9-13-25(29)18-24/h6-13,18H,5,14-17,19-20H2,1-4H3. The quantitative estimate of drug-likeness (QED) is 0.510. The van der Waals surface area contributed by atoms with Gasteiger partial charge in [0.2, 0.25) is 0 Å². The molecule has 5 nitrogen and oxygen atoms in total. The molecule has 1 amide bonds. The first-order valence-corrected chi connectivity index (χ1v) is 12.1. The third-order valence-electron chi connectivity index (χ3n) is 6.91. The number of likely N-dealkylation sites (N-methyl/N-ethyl adjacent to an activating group) is 1. The maximum Gasteiger partial charge on any atom is 0.270 e. The van der Waals surface area contributed by atoms with Gasteiger partial charge in [-0.2, -0.15) is 0 Å². The molecule has 34 heavy (non-hydrogen) atoms. The number of benzene rings is 2. The van der Waals surface area contributed by atoms with E-state index in [-0.39, 0.29) is 11.7 Å². The van der Waals surface area contributed by atoms with Gasteiger partial charge in [-0.15, -0.1) is 0 Å². The van der Waals surface area contributed by atoms with Crippen LogP contribution in [0.5, 0.6) is 0 Å². The van der Waals surface area contributed by atoms with Crippen molar-refractivity contribution in [3.63, 3.8) is 0 Å². The highest BCUT2D eigenvalue weighted by Crippen LogP contribution is 2.33. The minimum Gasteiger partial charge on any atom is -0.367 e. The van der Waals surface area contributed by atoms with Gasteiger partial charge in [0.05, 0.1) is 5.69 Å². The number of amides is 1. The van der Waals surface area contributed by atoms with Crippen molar-refractivity contribution in [1.29, 1.82) is 0 Å². The van der Waals surface area contributed by atoms with Crippen molar-refractivity contribution >= 4 is 11.6 Å². The third-order valence-corrected chi connectivity index (χ3v) is 6.91. The molecule has 1 fully saturated rings. The second-order valence-corrected chi connectivity index (χ2v) is 9.19. The van der Waals surface area contributed by atoms with E-state index in [0.29, 0.717) is 18.8 Å². The third kappa shape index (κ3) is 5.02. The first-order chi connectivity index (χ1) is 16.4. The molecule has 0 N–H and O–H groups in total. The summed E-state index contributed by atoms with van der Waals surface area (Å²) in [6.07, 6.45) is 0. The van der Waals surface area contributed by atoms with Crippen molar-refractivity contribution in [3.05, 3.63) is 88.5 Å². The highest BCUT2D eigenvalue weighted by atomic mass is 19.1. The Morgan fingerprint density at radius 3 is 2.29 bits per heavy atom. The molecule has 0 spiro atoms. The van der Waals surface area contributed by atoms with Crippen molar-refractivity contribution in [2.24, 2.45) is 0 Å². The Labute approximate surface area is 202 Å². The van der Waals surface area contributed by atoms with Gasteiger partial charge >= 0.3 is 0 Å². The van der Waals surface area contributed by atoms with Gasteiger partial charge in [0.25, 0.3) is 5.91 Å². The van der Waals surface area contributed by atoms with Crippen LogP contribution in [0.25, 0.3) is 0 Å². The molecule has 1 aromatic heterocycles. The lowest BCUT2D eigenvalue weighted by molar-refractivity contribution is 0.0774. The molecule has 2 heterocycles. The predicted molar refractivity (Wildman–Crippen MR) is 136 cm³/mol. The summed E-state index contributed by atoms with van der Waals surface area (Å²) in [5.41, 5.74) is 5.83. The van der Waals surface area contributed by atoms with Gasteiger partial charge in [0, 0.05) is 57.6 Å². The van der Waals surface area contributed by atoms with E-state index in [1.807, 2.05) is 43.4 Å². The second-order valence-electron chi connectivity index (χ2n) is 9.19. The van der Waals surface area contributed by atoms with E-state index in [9.17, 15) is 9.18 Å². The Bertz CT molecular complexity index is 1130. The number of rotatable bonds is 7. The summed E-state index contributed by atoms with van der Waals surface area (Å²) in [4.78, 5) is 20.4. The summed E-state index contributed by atoms with van der Waals surface area (Å²) in [6.45, 7) is 12.3. The largest absolute Gasteiger partial charge is 0.367 e. The van der Waals surface area contributed by atoms with Crippen LogP contribution in [0.1, 0.15) is 39.8 Å². The Balaban J connectivity index is 1.71. The Morgan fingerprint density at radius 1 is 0.971 bits per heavy atom. The molecular formula is C28H35FN4O. The number of piperazine rings is 1. The van der Waals surface area contributed by atoms with Crippen LogP contribution in [0.4, 0.5) is 10.1 Å². The highest BCUT2D eigenvalue weighted by molar-refractivity contribution is 5.96. The van der Waals surface area contributed by atoms with Crippen LogP contribution in [0, 0.1) is 19.7 Å². The molecule has 6 heteroatoms. The fourth-order valence-corrected chi connectivity index (χ4v) is 5.04. The van der Waals surface area contributed by atoms with E-state index in [2.05, 4.69) is 35.1 Å². The Kier molecular flexibility index (Phi) is 7.37. The molecule has 1 saturated heterocycles. The molecule has 0 atom stereocenters. The molecule has 0 aliphatic carbocycles. The average Bonchev–Trinajstić information content (AvgIpc) is 3.08. The van der Waals surface area contributed by atoms with Crippen LogP contribution in [-0.4, -0.2) is 60.0 Å². The van der Waals surface area contributed by atoms with Gasteiger partial charge in [0.15, 0.2) is 0 Å². The summed E-state index contributed by atoms with van der Waals surface area (Å²) in [7, 11) is 1.85. The van der Waals surface area contributed by atoms with Gasteiger partial charge in [0.1, 0.15) is 11.5 Å². The van der Waals surface area contributed by atoms with E-state index in [1.165, 1.54) is 6.07 Å². The zero-order valence-electron chi connectivity index (χ0n) is 20.7. The lowest BCUT2D eigenvalue weighted by Crippen LogP contribution is -2.46. The summed E-state index contributed by atoms with van der Waals surface area (Å²) in [5, 5.41) is 0. The molecule has 0 saturated carbocycles. The summed E-state index contributed by atoms with van der Waals surface area (Å²) >= 11 is 0. The zero-order chi connectivity index (χ0) is 24.2. The maximum atomic E-state index is 13.9. The van der Waals surface area contributed by atoms with Gasteiger partial charge in [-0.25, -0.2) is 4.39 Å². The lowest BCUT2D eigenvalue weighted by Gasteiger charge is -2.36. The van der Waals surface area contributed by atoms with E-state index in [1.54, 1.807) is 17.0 Å². The van der Waals surface area contributed by atoms with E-state index in [4.69, 9.17) is 0 Å². The van der Waals surface area contributed by atoms with Crippen molar-refractivity contribution in [1.82, 2.24) is 14.4 Å². The number of hydrogen-bond acceptors (Lipinski definition) is 3. The van der Waals surface area contributed by atoms with E-state index in [0.717, 1.165) is 60.8 Å². The molecule has 0 unspecified atom stereocenters. The van der Waals surface area contributed by atoms with Crippen LogP contribution in [0.3, 0.4) is 0 Å². The molecule has 1 aliphatic rings. The molecule has 180 valence electrons. The Morgan fingerprint density at radius 2 is 1.65 bits per heavy atom. The van der Waals surface area contributed by atoms with E-state index >= 15 is 0 Å². The molecule has 1 aliphatic heterocycles.